The number of methoxy groups -OCH3 is 1. The molecular formula is C19H20N4O2S. The van der Waals surface area contributed by atoms with Gasteiger partial charge in [0.1, 0.15) is 11.4 Å². The Hall–Kier alpha value is -2.67. The molecule has 0 radical (unpaired) electrons. The maximum Gasteiger partial charge on any atom is 0.214 e. The highest BCUT2D eigenvalue weighted by Gasteiger charge is 2.15. The molecule has 26 heavy (non-hydrogen) atoms. The highest BCUT2D eigenvalue weighted by atomic mass is 32.2. The first-order valence-electron chi connectivity index (χ1n) is 8.39. The van der Waals surface area contributed by atoms with Gasteiger partial charge < -0.3 is 4.74 Å². The van der Waals surface area contributed by atoms with Crippen LogP contribution in [-0.2, 0) is 6.42 Å². The molecule has 134 valence electrons. The van der Waals surface area contributed by atoms with E-state index in [-0.39, 0.29) is 11.5 Å². The van der Waals surface area contributed by atoms with Crippen LogP contribution in [0.3, 0.4) is 0 Å². The topological polar surface area (TPSA) is 69.9 Å². The lowest BCUT2D eigenvalue weighted by Gasteiger charge is -2.08. The first-order valence-corrected chi connectivity index (χ1v) is 9.38. The number of rotatable bonds is 8. The number of Topliss-reactive ketones (excluding diaryl/α,β-unsaturated/α-hetero) is 1. The van der Waals surface area contributed by atoms with E-state index in [9.17, 15) is 4.79 Å². The van der Waals surface area contributed by atoms with Crippen molar-refractivity contribution in [1.82, 2.24) is 20.2 Å². The van der Waals surface area contributed by atoms with Gasteiger partial charge in [0.25, 0.3) is 0 Å². The summed E-state index contributed by atoms with van der Waals surface area (Å²) in [5.74, 6) is 0.981. The van der Waals surface area contributed by atoms with Crippen LogP contribution in [0, 0.1) is 0 Å². The second-order valence-corrected chi connectivity index (χ2v) is 6.65. The van der Waals surface area contributed by atoms with Crippen LogP contribution in [-0.4, -0.2) is 38.9 Å². The predicted molar refractivity (Wildman–Crippen MR) is 101 cm³/mol. The van der Waals surface area contributed by atoms with Gasteiger partial charge in [-0.15, -0.1) is 5.10 Å². The van der Waals surface area contributed by atoms with Crippen molar-refractivity contribution in [2.24, 2.45) is 0 Å². The van der Waals surface area contributed by atoms with Crippen LogP contribution >= 0.6 is 11.8 Å². The molecule has 0 atom stereocenters. The van der Waals surface area contributed by atoms with Crippen molar-refractivity contribution >= 4 is 17.5 Å². The molecule has 0 saturated carbocycles. The molecule has 6 nitrogen and oxygen atoms in total. The predicted octanol–water partition coefficient (Wildman–Crippen LogP) is 3.60. The van der Waals surface area contributed by atoms with Gasteiger partial charge in [-0.3, -0.25) is 4.79 Å². The number of tetrazole rings is 1. The molecule has 0 fully saturated rings. The quantitative estimate of drug-likeness (QED) is 0.447. The monoisotopic (exact) mass is 368 g/mol. The van der Waals surface area contributed by atoms with E-state index in [2.05, 4.69) is 22.4 Å². The van der Waals surface area contributed by atoms with E-state index >= 15 is 0 Å². The zero-order valence-electron chi connectivity index (χ0n) is 14.8. The summed E-state index contributed by atoms with van der Waals surface area (Å²) >= 11 is 1.31. The number of hydrogen-bond acceptors (Lipinski definition) is 6. The summed E-state index contributed by atoms with van der Waals surface area (Å²) in [6.07, 6.45) is 2.12. The van der Waals surface area contributed by atoms with Crippen LogP contribution in [0.2, 0.25) is 0 Å². The maximum atomic E-state index is 12.5. The molecule has 3 aromatic rings. The first kappa shape index (κ1) is 18.1. The van der Waals surface area contributed by atoms with Crippen LogP contribution in [0.5, 0.6) is 5.75 Å². The van der Waals surface area contributed by atoms with E-state index in [0.29, 0.717) is 16.5 Å². The Bertz CT molecular complexity index is 877. The number of carbonyl (C=O) groups excluding carboxylic acids is 1. The Balaban J connectivity index is 1.71. The minimum atomic E-state index is 0.0487. The molecule has 0 amide bonds. The van der Waals surface area contributed by atoms with Crippen molar-refractivity contribution in [1.29, 1.82) is 0 Å². The number of hydrogen-bond donors (Lipinski definition) is 0. The number of ketones is 1. The normalized spacial score (nSPS) is 10.7. The molecule has 3 rings (SSSR count). The number of benzene rings is 2. The molecule has 7 heteroatoms. The number of ether oxygens (including phenoxy) is 1. The van der Waals surface area contributed by atoms with E-state index in [1.54, 1.807) is 11.8 Å². The van der Waals surface area contributed by atoms with Gasteiger partial charge in [0.05, 0.1) is 12.9 Å². The minimum Gasteiger partial charge on any atom is -0.494 e. The molecule has 0 bridgehead atoms. The Labute approximate surface area is 156 Å². The molecule has 2 aromatic carbocycles. The smallest absolute Gasteiger partial charge is 0.214 e. The molecule has 1 heterocycles. The van der Waals surface area contributed by atoms with Gasteiger partial charge in [-0.1, -0.05) is 61.5 Å². The van der Waals surface area contributed by atoms with Gasteiger partial charge in [-0.2, -0.15) is 4.68 Å². The zero-order valence-corrected chi connectivity index (χ0v) is 15.6. The van der Waals surface area contributed by atoms with Crippen molar-refractivity contribution in [2.75, 3.05) is 12.9 Å². The van der Waals surface area contributed by atoms with Gasteiger partial charge in [-0.05, 0) is 34.5 Å². The summed E-state index contributed by atoms with van der Waals surface area (Å²) in [6, 6.07) is 15.3. The molecule has 0 aliphatic rings. The fourth-order valence-corrected chi connectivity index (χ4v) is 3.36. The summed E-state index contributed by atoms with van der Waals surface area (Å²) in [7, 11) is 1.60. The van der Waals surface area contributed by atoms with Crippen LogP contribution < -0.4 is 4.74 Å². The van der Waals surface area contributed by atoms with Crippen molar-refractivity contribution in [3.63, 3.8) is 0 Å². The van der Waals surface area contributed by atoms with E-state index in [0.717, 1.165) is 18.5 Å². The standard InChI is InChI=1S/C19H20N4O2S/c1-3-6-14-9-11-15(12-10-14)17(24)13-26-19-20-21-22-23(19)16-7-4-5-8-18(16)25-2/h4-5,7-12H,3,6,13H2,1-2H3. The number of para-hydroxylation sites is 2. The number of carbonyl (C=O) groups is 1. The summed E-state index contributed by atoms with van der Waals surface area (Å²) in [4.78, 5) is 12.5. The fourth-order valence-electron chi connectivity index (χ4n) is 2.58. The van der Waals surface area contributed by atoms with E-state index in [1.165, 1.54) is 17.3 Å². The largest absolute Gasteiger partial charge is 0.494 e. The molecule has 1 aromatic heterocycles. The van der Waals surface area contributed by atoms with Gasteiger partial charge >= 0.3 is 0 Å². The van der Waals surface area contributed by atoms with Crippen LogP contribution in [0.4, 0.5) is 0 Å². The summed E-state index contributed by atoms with van der Waals surface area (Å²) < 4.78 is 6.94. The van der Waals surface area contributed by atoms with Gasteiger partial charge in [-0.25, -0.2) is 0 Å². The Morgan fingerprint density at radius 3 is 2.65 bits per heavy atom. The van der Waals surface area contributed by atoms with E-state index in [1.807, 2.05) is 48.5 Å². The van der Waals surface area contributed by atoms with E-state index in [4.69, 9.17) is 4.74 Å². The van der Waals surface area contributed by atoms with Crippen molar-refractivity contribution in [2.45, 2.75) is 24.9 Å². The lowest BCUT2D eigenvalue weighted by Crippen LogP contribution is -2.06. The average Bonchev–Trinajstić information content (AvgIpc) is 3.15. The second-order valence-electron chi connectivity index (χ2n) is 5.70. The van der Waals surface area contributed by atoms with Crippen molar-refractivity contribution < 1.29 is 9.53 Å². The number of nitrogens with zero attached hydrogens (tertiary/aromatic N) is 4. The second kappa shape index (κ2) is 8.62. The summed E-state index contributed by atoms with van der Waals surface area (Å²) in [6.45, 7) is 2.14. The number of aryl methyl sites for hydroxylation is 1. The lowest BCUT2D eigenvalue weighted by molar-refractivity contribution is 0.102. The Morgan fingerprint density at radius 2 is 1.92 bits per heavy atom. The molecule has 0 unspecified atom stereocenters. The molecule has 0 aliphatic heterocycles. The van der Waals surface area contributed by atoms with Gasteiger partial charge in [0, 0.05) is 5.56 Å². The Morgan fingerprint density at radius 1 is 1.15 bits per heavy atom. The van der Waals surface area contributed by atoms with Crippen LogP contribution in [0.15, 0.2) is 53.7 Å². The maximum absolute atomic E-state index is 12.5. The third-order valence-electron chi connectivity index (χ3n) is 3.90. The number of thioether (sulfide) groups is 1. The molecule has 0 N–H and O–H groups in total. The molecule has 0 saturated heterocycles. The highest BCUT2D eigenvalue weighted by molar-refractivity contribution is 7.99. The van der Waals surface area contributed by atoms with Crippen molar-refractivity contribution in [3.8, 4) is 11.4 Å². The van der Waals surface area contributed by atoms with Gasteiger partial charge in [0.2, 0.25) is 5.16 Å². The van der Waals surface area contributed by atoms with Gasteiger partial charge in [0.15, 0.2) is 5.78 Å². The number of aromatic nitrogens is 4. The molecule has 0 spiro atoms. The lowest BCUT2D eigenvalue weighted by atomic mass is 10.1. The zero-order chi connectivity index (χ0) is 18.4. The van der Waals surface area contributed by atoms with E-state index < -0.39 is 0 Å². The third kappa shape index (κ3) is 4.11. The molecule has 0 aliphatic carbocycles. The molecular weight excluding hydrogens is 348 g/mol. The summed E-state index contributed by atoms with van der Waals surface area (Å²) in [5, 5.41) is 12.3. The third-order valence-corrected chi connectivity index (χ3v) is 4.82. The Kier molecular flexibility index (Phi) is 6.01. The SMILES string of the molecule is CCCc1ccc(C(=O)CSc2nnnn2-c2ccccc2OC)cc1. The minimum absolute atomic E-state index is 0.0487. The first-order chi connectivity index (χ1) is 12.7. The van der Waals surface area contributed by atoms with Crippen molar-refractivity contribution in [3.05, 3.63) is 59.7 Å². The summed E-state index contributed by atoms with van der Waals surface area (Å²) in [5.41, 5.74) is 2.68. The average molecular weight is 368 g/mol. The fraction of sp³-hybridized carbons (Fsp3) is 0.263. The van der Waals surface area contributed by atoms with Crippen LogP contribution in [0.1, 0.15) is 29.3 Å². The highest BCUT2D eigenvalue weighted by Crippen LogP contribution is 2.25. The van der Waals surface area contributed by atoms with Crippen LogP contribution in [0.25, 0.3) is 5.69 Å².